The van der Waals surface area contributed by atoms with Crippen molar-refractivity contribution in [2.75, 3.05) is 11.5 Å². The van der Waals surface area contributed by atoms with Crippen molar-refractivity contribution in [2.24, 2.45) is 10.8 Å². The van der Waals surface area contributed by atoms with Crippen molar-refractivity contribution in [1.82, 2.24) is 0 Å². The van der Waals surface area contributed by atoms with E-state index in [1.165, 1.54) is 0 Å². The highest BCUT2D eigenvalue weighted by Gasteiger charge is 2.17. The van der Waals surface area contributed by atoms with Gasteiger partial charge in [-0.15, -0.1) is 0 Å². The van der Waals surface area contributed by atoms with Crippen molar-refractivity contribution in [2.45, 2.75) is 66.2 Å². The quantitative estimate of drug-likeness (QED) is 0.315. The molecule has 0 amide bonds. The predicted octanol–water partition coefficient (Wildman–Crippen LogP) is 3.53. The monoisotopic (exact) mass is 302 g/mol. The lowest BCUT2D eigenvalue weighted by Gasteiger charge is -2.17. The van der Waals surface area contributed by atoms with E-state index in [0.29, 0.717) is 0 Å². The molecule has 0 heterocycles. The third-order valence-corrected chi connectivity index (χ3v) is 5.01. The highest BCUT2D eigenvalue weighted by molar-refractivity contribution is 7.91. The molecule has 0 atom stereocenters. The SMILES string of the molecule is CC(C)(C=O)CCCC[S+]([O-])CCCCC(C)(C)C=O. The second kappa shape index (κ2) is 9.56. The van der Waals surface area contributed by atoms with Gasteiger partial charge in [-0.1, -0.05) is 38.9 Å². The van der Waals surface area contributed by atoms with Crippen LogP contribution >= 0.6 is 0 Å². The fraction of sp³-hybridized carbons (Fsp3) is 0.875. The van der Waals surface area contributed by atoms with Crippen LogP contribution in [0.4, 0.5) is 0 Å². The Morgan fingerprint density at radius 1 is 0.800 bits per heavy atom. The molecule has 0 aromatic carbocycles. The van der Waals surface area contributed by atoms with Crippen LogP contribution in [0.5, 0.6) is 0 Å². The lowest BCUT2D eigenvalue weighted by Crippen LogP contribution is -2.16. The van der Waals surface area contributed by atoms with Crippen molar-refractivity contribution in [3.05, 3.63) is 0 Å². The lowest BCUT2D eigenvalue weighted by molar-refractivity contribution is -0.115. The van der Waals surface area contributed by atoms with Gasteiger partial charge in [-0.25, -0.2) is 0 Å². The molecule has 0 unspecified atom stereocenters. The minimum Gasteiger partial charge on any atom is -0.616 e. The van der Waals surface area contributed by atoms with Crippen LogP contribution in [0, 0.1) is 10.8 Å². The van der Waals surface area contributed by atoms with Gasteiger partial charge in [-0.05, 0) is 38.5 Å². The van der Waals surface area contributed by atoms with E-state index in [-0.39, 0.29) is 10.8 Å². The predicted molar refractivity (Wildman–Crippen MR) is 85.3 cm³/mol. The first-order valence-corrected chi connectivity index (χ1v) is 8.99. The fourth-order valence-corrected chi connectivity index (χ4v) is 3.16. The van der Waals surface area contributed by atoms with Crippen LogP contribution in [-0.2, 0) is 20.8 Å². The van der Waals surface area contributed by atoms with Crippen molar-refractivity contribution in [3.63, 3.8) is 0 Å². The third-order valence-electron chi connectivity index (χ3n) is 3.52. The van der Waals surface area contributed by atoms with Gasteiger partial charge in [0.05, 0.1) is 0 Å². The van der Waals surface area contributed by atoms with Crippen molar-refractivity contribution in [1.29, 1.82) is 0 Å². The van der Waals surface area contributed by atoms with Crippen LogP contribution in [-0.4, -0.2) is 28.6 Å². The van der Waals surface area contributed by atoms with Gasteiger partial charge in [-0.2, -0.15) is 0 Å². The Kier molecular flexibility index (Phi) is 9.39. The summed E-state index contributed by atoms with van der Waals surface area (Å²) in [6.07, 6.45) is 7.47. The number of rotatable bonds is 12. The fourth-order valence-electron chi connectivity index (χ4n) is 1.91. The minimum absolute atomic E-state index is 0.248. The number of unbranched alkanes of at least 4 members (excludes halogenated alkanes) is 2. The highest BCUT2D eigenvalue weighted by atomic mass is 32.2. The number of carbonyl (C=O) groups excluding carboxylic acids is 2. The molecular formula is C16H30O3S. The Morgan fingerprint density at radius 3 is 1.45 bits per heavy atom. The van der Waals surface area contributed by atoms with Crippen LogP contribution in [0.25, 0.3) is 0 Å². The highest BCUT2D eigenvalue weighted by Crippen LogP contribution is 2.21. The summed E-state index contributed by atoms with van der Waals surface area (Å²) in [5, 5.41) is 0. The van der Waals surface area contributed by atoms with Crippen molar-refractivity contribution in [3.8, 4) is 0 Å². The van der Waals surface area contributed by atoms with Gasteiger partial charge >= 0.3 is 0 Å². The normalized spacial score (nSPS) is 12.7. The topological polar surface area (TPSA) is 57.2 Å². The minimum atomic E-state index is -0.757. The molecule has 0 saturated heterocycles. The molecule has 0 aliphatic rings. The molecule has 4 heteroatoms. The molecule has 0 saturated carbocycles. The van der Waals surface area contributed by atoms with Crippen LogP contribution < -0.4 is 0 Å². The molecule has 0 radical (unpaired) electrons. The third kappa shape index (κ3) is 10.4. The summed E-state index contributed by atoms with van der Waals surface area (Å²) in [7, 11) is 0. The van der Waals surface area contributed by atoms with E-state index >= 15 is 0 Å². The summed E-state index contributed by atoms with van der Waals surface area (Å²) in [4.78, 5) is 21.5. The largest absolute Gasteiger partial charge is 0.616 e. The van der Waals surface area contributed by atoms with Gasteiger partial charge in [0.15, 0.2) is 0 Å². The Labute approximate surface area is 127 Å². The molecule has 0 aromatic rings. The maximum atomic E-state index is 11.8. The van der Waals surface area contributed by atoms with Crippen LogP contribution in [0.15, 0.2) is 0 Å². The van der Waals surface area contributed by atoms with E-state index < -0.39 is 11.2 Å². The number of hydrogen-bond donors (Lipinski definition) is 0. The van der Waals surface area contributed by atoms with E-state index in [4.69, 9.17) is 0 Å². The summed E-state index contributed by atoms with van der Waals surface area (Å²) in [6.45, 7) is 7.75. The van der Waals surface area contributed by atoms with Crippen LogP contribution in [0.3, 0.4) is 0 Å². The molecule has 0 N–H and O–H groups in total. The molecular weight excluding hydrogens is 272 g/mol. The summed E-state index contributed by atoms with van der Waals surface area (Å²) >= 11 is -0.757. The lowest BCUT2D eigenvalue weighted by atomic mass is 9.89. The molecule has 118 valence electrons. The number of aldehydes is 2. The summed E-state index contributed by atoms with van der Waals surface area (Å²) in [5.41, 5.74) is -0.496. The van der Waals surface area contributed by atoms with Crippen LogP contribution in [0.2, 0.25) is 0 Å². The zero-order chi connectivity index (χ0) is 15.6. The smallest absolute Gasteiger partial charge is 0.125 e. The van der Waals surface area contributed by atoms with Gasteiger partial charge in [0.25, 0.3) is 0 Å². The van der Waals surface area contributed by atoms with Gasteiger partial charge in [-0.3, -0.25) is 0 Å². The Bertz CT molecular complexity index is 259. The molecule has 0 aromatic heterocycles. The summed E-state index contributed by atoms with van der Waals surface area (Å²) < 4.78 is 11.8. The average Bonchev–Trinajstić information content (AvgIpc) is 2.40. The molecule has 0 fully saturated rings. The van der Waals surface area contributed by atoms with Gasteiger partial charge in [0.1, 0.15) is 24.1 Å². The molecule has 0 rings (SSSR count). The number of hydrogen-bond acceptors (Lipinski definition) is 3. The molecule has 0 spiro atoms. The molecule has 0 aliphatic heterocycles. The zero-order valence-corrected chi connectivity index (χ0v) is 14.3. The average molecular weight is 302 g/mol. The van der Waals surface area contributed by atoms with Crippen LogP contribution in [0.1, 0.15) is 66.2 Å². The summed E-state index contributed by atoms with van der Waals surface area (Å²) in [5.74, 6) is 1.46. The van der Waals surface area contributed by atoms with Gasteiger partial charge in [0.2, 0.25) is 0 Å². The zero-order valence-electron chi connectivity index (χ0n) is 13.4. The van der Waals surface area contributed by atoms with Gasteiger partial charge in [0, 0.05) is 10.8 Å². The maximum Gasteiger partial charge on any atom is 0.125 e. The standard InChI is InChI=1S/C16H30O3S/c1-15(2,13-17)9-5-7-11-20(19)12-8-6-10-16(3,4)14-18/h13-14H,5-12H2,1-4H3. The second-order valence-corrected chi connectivity index (χ2v) is 8.67. The first-order valence-electron chi connectivity index (χ1n) is 7.50. The second-order valence-electron chi connectivity index (χ2n) is 6.98. The van der Waals surface area contributed by atoms with E-state index in [1.54, 1.807) is 0 Å². The van der Waals surface area contributed by atoms with E-state index in [9.17, 15) is 14.1 Å². The number of carbonyl (C=O) groups is 2. The Morgan fingerprint density at radius 2 is 1.15 bits per heavy atom. The Balaban J connectivity index is 3.58. The van der Waals surface area contributed by atoms with E-state index in [0.717, 1.165) is 62.6 Å². The maximum absolute atomic E-state index is 11.8. The molecule has 0 bridgehead atoms. The van der Waals surface area contributed by atoms with E-state index in [1.807, 2.05) is 27.7 Å². The molecule has 0 aliphatic carbocycles. The van der Waals surface area contributed by atoms with E-state index in [2.05, 4.69) is 0 Å². The van der Waals surface area contributed by atoms with Crippen molar-refractivity contribution >= 4 is 23.7 Å². The van der Waals surface area contributed by atoms with Crippen molar-refractivity contribution < 1.29 is 14.1 Å². The first kappa shape index (κ1) is 19.7. The first-order chi connectivity index (χ1) is 9.22. The molecule has 3 nitrogen and oxygen atoms in total. The summed E-state index contributed by atoms with van der Waals surface area (Å²) in [6, 6.07) is 0. The molecule has 20 heavy (non-hydrogen) atoms. The van der Waals surface area contributed by atoms with Gasteiger partial charge < -0.3 is 14.1 Å². The Hall–Kier alpha value is -0.350.